The van der Waals surface area contributed by atoms with Crippen molar-refractivity contribution in [2.45, 2.75) is 76.8 Å². The average molecular weight is 483 g/mol. The number of benzene rings is 1. The molecule has 1 saturated heterocycles. The van der Waals surface area contributed by atoms with Crippen LogP contribution in [0.2, 0.25) is 18.1 Å². The third-order valence-electron chi connectivity index (χ3n) is 6.62. The van der Waals surface area contributed by atoms with Gasteiger partial charge < -0.3 is 28.1 Å². The number of hydrogen-bond donors (Lipinski definition) is 0. The van der Waals surface area contributed by atoms with Crippen LogP contribution in [0.15, 0.2) is 24.3 Å². The van der Waals surface area contributed by atoms with Crippen molar-refractivity contribution in [2.75, 3.05) is 21.3 Å². The minimum atomic E-state index is -2.30. The van der Waals surface area contributed by atoms with Gasteiger partial charge in [-0.15, -0.1) is 0 Å². The minimum absolute atomic E-state index is 0.0902. The molecule has 5 atom stereocenters. The zero-order chi connectivity index (χ0) is 25.0. The highest BCUT2D eigenvalue weighted by Gasteiger charge is 2.54. The van der Waals surface area contributed by atoms with Gasteiger partial charge in [0.1, 0.15) is 11.9 Å². The lowest BCUT2D eigenvalue weighted by atomic mass is 9.87. The van der Waals surface area contributed by atoms with E-state index in [1.54, 1.807) is 7.11 Å². The first-order valence-electron chi connectivity index (χ1n) is 11.1. The van der Waals surface area contributed by atoms with Gasteiger partial charge in [0.25, 0.3) is 0 Å². The maximum Gasteiger partial charge on any atom is 0.337 e. The van der Waals surface area contributed by atoms with E-state index in [-0.39, 0.29) is 11.6 Å². The summed E-state index contributed by atoms with van der Waals surface area (Å²) in [5, 5.41) is -0.0902. The highest BCUT2D eigenvalue weighted by atomic mass is 28.4. The minimum Gasteiger partial charge on any atom is -0.497 e. The molecule has 1 aliphatic rings. The number of methoxy groups -OCH3 is 3. The molecule has 1 aromatic carbocycles. The van der Waals surface area contributed by atoms with E-state index in [1.165, 1.54) is 14.2 Å². The molecule has 186 valence electrons. The predicted octanol–water partition coefficient (Wildman–Crippen LogP) is 3.72. The molecule has 1 aromatic rings. The van der Waals surface area contributed by atoms with Crippen molar-refractivity contribution in [3.8, 4) is 5.75 Å². The molecule has 0 radical (unpaired) electrons. The van der Waals surface area contributed by atoms with Gasteiger partial charge in [0.05, 0.1) is 34.0 Å². The summed E-state index contributed by atoms with van der Waals surface area (Å²) in [7, 11) is 1.87. The maximum absolute atomic E-state index is 12.7. The third-order valence-corrected chi connectivity index (χ3v) is 11.1. The quantitative estimate of drug-likeness (QED) is 0.409. The topological polar surface area (TPSA) is 89.5 Å². The molecule has 0 unspecified atom stereocenters. The molecule has 0 aromatic heterocycles. The summed E-state index contributed by atoms with van der Waals surface area (Å²) in [4.78, 5) is 25.2. The summed E-state index contributed by atoms with van der Waals surface area (Å²) in [6, 6.07) is 7.46. The highest BCUT2D eigenvalue weighted by Crippen LogP contribution is 2.41. The van der Waals surface area contributed by atoms with Gasteiger partial charge in [-0.05, 0) is 35.8 Å². The monoisotopic (exact) mass is 482 g/mol. The van der Waals surface area contributed by atoms with E-state index >= 15 is 0 Å². The largest absolute Gasteiger partial charge is 0.497 e. The van der Waals surface area contributed by atoms with Crippen LogP contribution in [-0.2, 0) is 39.6 Å². The molecule has 0 amide bonds. The van der Waals surface area contributed by atoms with E-state index in [4.69, 9.17) is 28.1 Å². The number of carbonyl (C=O) groups excluding carboxylic acids is 2. The first-order valence-corrected chi connectivity index (χ1v) is 14.0. The molecular formula is C24H38O8Si. The fraction of sp³-hybridized carbons (Fsp3) is 0.667. The smallest absolute Gasteiger partial charge is 0.337 e. The molecule has 9 heteroatoms. The van der Waals surface area contributed by atoms with Crippen LogP contribution in [0.4, 0.5) is 0 Å². The first-order chi connectivity index (χ1) is 15.4. The third kappa shape index (κ3) is 6.35. The molecule has 0 aliphatic carbocycles. The number of carbonyl (C=O) groups is 2. The van der Waals surface area contributed by atoms with Gasteiger partial charge in [0.2, 0.25) is 0 Å². The zero-order valence-electron chi connectivity index (χ0n) is 21.2. The first kappa shape index (κ1) is 27.3. The second-order valence-corrected chi connectivity index (χ2v) is 14.6. The Bertz CT molecular complexity index is 802. The van der Waals surface area contributed by atoms with Crippen LogP contribution in [0.1, 0.15) is 33.3 Å². The molecule has 8 nitrogen and oxygen atoms in total. The van der Waals surface area contributed by atoms with E-state index in [0.717, 1.165) is 11.3 Å². The Balaban J connectivity index is 2.41. The second-order valence-electron chi connectivity index (χ2n) is 9.85. The van der Waals surface area contributed by atoms with Crippen LogP contribution in [0.5, 0.6) is 5.75 Å². The fourth-order valence-corrected chi connectivity index (χ4v) is 4.87. The number of hydrogen-bond acceptors (Lipinski definition) is 8. The molecule has 0 spiro atoms. The van der Waals surface area contributed by atoms with Crippen LogP contribution in [0.3, 0.4) is 0 Å². The van der Waals surface area contributed by atoms with E-state index in [0.29, 0.717) is 0 Å². The van der Waals surface area contributed by atoms with Crippen molar-refractivity contribution in [2.24, 2.45) is 5.92 Å². The molecule has 0 bridgehead atoms. The SMILES string of the molecule is COC(=O)[C@H]1O[C@@H](C(=O)OC)[C@H](OCc2ccc(OC)cc2)[C@@H](O[Si](C)(C)C(C)(C)C)[C@@H]1C. The Kier molecular flexibility index (Phi) is 9.09. The number of ether oxygens (including phenoxy) is 5. The molecule has 1 heterocycles. The second kappa shape index (κ2) is 11.0. The normalized spacial score (nSPS) is 25.9. The predicted molar refractivity (Wildman–Crippen MR) is 125 cm³/mol. The van der Waals surface area contributed by atoms with Gasteiger partial charge in [-0.3, -0.25) is 0 Å². The van der Waals surface area contributed by atoms with Crippen LogP contribution >= 0.6 is 0 Å². The molecular weight excluding hydrogens is 444 g/mol. The van der Waals surface area contributed by atoms with Crippen LogP contribution < -0.4 is 4.74 Å². The summed E-state index contributed by atoms with van der Waals surface area (Å²) in [6.45, 7) is 12.7. The molecule has 0 saturated carbocycles. The van der Waals surface area contributed by atoms with E-state index in [9.17, 15) is 9.59 Å². The fourth-order valence-electron chi connectivity index (χ4n) is 3.48. The van der Waals surface area contributed by atoms with Gasteiger partial charge >= 0.3 is 11.9 Å². The van der Waals surface area contributed by atoms with E-state index < -0.39 is 50.6 Å². The van der Waals surface area contributed by atoms with E-state index in [2.05, 4.69) is 33.9 Å². The average Bonchev–Trinajstić information content (AvgIpc) is 2.77. The van der Waals surface area contributed by atoms with Gasteiger partial charge in [-0.2, -0.15) is 0 Å². The van der Waals surface area contributed by atoms with E-state index in [1.807, 2.05) is 31.2 Å². The lowest BCUT2D eigenvalue weighted by molar-refractivity contribution is -0.227. The van der Waals surface area contributed by atoms with Crippen LogP contribution in [0.25, 0.3) is 0 Å². The molecule has 2 rings (SSSR count). The van der Waals surface area contributed by atoms with Crippen LogP contribution in [-0.4, -0.2) is 66.0 Å². The van der Waals surface area contributed by atoms with Crippen molar-refractivity contribution in [3.05, 3.63) is 29.8 Å². The Hall–Kier alpha value is -1.94. The summed E-state index contributed by atoms with van der Waals surface area (Å²) in [6.07, 6.45) is -3.46. The van der Waals surface area contributed by atoms with Gasteiger partial charge in [0.15, 0.2) is 20.5 Å². The van der Waals surface area contributed by atoms with Gasteiger partial charge in [0, 0.05) is 5.92 Å². The molecule has 33 heavy (non-hydrogen) atoms. The summed E-state index contributed by atoms with van der Waals surface area (Å²) in [5.74, 6) is -0.859. The van der Waals surface area contributed by atoms with Crippen molar-refractivity contribution in [3.63, 3.8) is 0 Å². The van der Waals surface area contributed by atoms with Crippen molar-refractivity contribution < 1.29 is 37.7 Å². The van der Waals surface area contributed by atoms with Gasteiger partial charge in [-0.1, -0.05) is 39.8 Å². The Morgan fingerprint density at radius 3 is 1.97 bits per heavy atom. The summed E-state index contributed by atoms with van der Waals surface area (Å²) in [5.41, 5.74) is 0.897. The molecule has 1 aliphatic heterocycles. The number of esters is 2. The standard InChI is InChI=1S/C24H38O8Si/c1-15-18(32-33(8,9)24(2,3)4)20(30-14-16-10-12-17(27-5)13-11-16)21(23(26)29-7)31-19(15)22(25)28-6/h10-13,15,18-21H,14H2,1-9H3/t15-,18-,19-,20+,21+/m0/s1. The Morgan fingerprint density at radius 1 is 0.939 bits per heavy atom. The Labute approximate surface area is 198 Å². The van der Waals surface area contributed by atoms with Crippen molar-refractivity contribution in [1.82, 2.24) is 0 Å². The lowest BCUT2D eigenvalue weighted by Crippen LogP contribution is -2.63. The van der Waals surface area contributed by atoms with Crippen molar-refractivity contribution in [1.29, 1.82) is 0 Å². The molecule has 1 fully saturated rings. The summed E-state index contributed by atoms with van der Waals surface area (Å²) >= 11 is 0. The lowest BCUT2D eigenvalue weighted by Gasteiger charge is -2.48. The van der Waals surface area contributed by atoms with Crippen LogP contribution in [0, 0.1) is 5.92 Å². The zero-order valence-corrected chi connectivity index (χ0v) is 22.2. The number of rotatable bonds is 8. The maximum atomic E-state index is 12.7. The Morgan fingerprint density at radius 2 is 1.48 bits per heavy atom. The van der Waals surface area contributed by atoms with Gasteiger partial charge in [-0.25, -0.2) is 9.59 Å². The summed E-state index contributed by atoms with van der Waals surface area (Å²) < 4.78 is 34.1. The highest BCUT2D eigenvalue weighted by molar-refractivity contribution is 6.74. The molecule has 0 N–H and O–H groups in total. The van der Waals surface area contributed by atoms with Crippen molar-refractivity contribution >= 4 is 20.3 Å².